The Morgan fingerprint density at radius 2 is 1.78 bits per heavy atom. The zero-order valence-electron chi connectivity index (χ0n) is 16.9. The number of hydrogen-bond donors (Lipinski definition) is 2. The molecular weight excluding hydrogens is 466 g/mol. The van der Waals surface area contributed by atoms with Crippen molar-refractivity contribution in [2.45, 2.75) is 12.8 Å². The minimum atomic E-state index is -0.505. The van der Waals surface area contributed by atoms with E-state index < -0.39 is 5.91 Å². The van der Waals surface area contributed by atoms with Crippen LogP contribution in [0.4, 0.5) is 0 Å². The highest BCUT2D eigenvalue weighted by Crippen LogP contribution is 2.31. The van der Waals surface area contributed by atoms with Gasteiger partial charge < -0.3 is 0 Å². The van der Waals surface area contributed by atoms with Crippen molar-refractivity contribution in [3.8, 4) is 0 Å². The van der Waals surface area contributed by atoms with Gasteiger partial charge in [-0.3, -0.25) is 30.1 Å². The second-order valence-corrected chi connectivity index (χ2v) is 8.79. The molecule has 9 heteroatoms. The molecule has 32 heavy (non-hydrogen) atoms. The third-order valence-electron chi connectivity index (χ3n) is 4.43. The number of carbonyl (C=O) groups excluding carboxylic acids is 3. The predicted molar refractivity (Wildman–Crippen MR) is 132 cm³/mol. The highest BCUT2D eigenvalue weighted by Gasteiger charge is 2.31. The number of thiocarbonyl (C=S) groups is 1. The summed E-state index contributed by atoms with van der Waals surface area (Å²) in [5.74, 6) is -1.06. The third kappa shape index (κ3) is 6.53. The Morgan fingerprint density at radius 3 is 2.53 bits per heavy atom. The first-order chi connectivity index (χ1) is 15.5. The topological polar surface area (TPSA) is 78.5 Å². The smallest absolute Gasteiger partial charge is 0.271 e. The van der Waals surface area contributed by atoms with Crippen LogP contribution in [0.15, 0.2) is 71.7 Å². The Morgan fingerprint density at radius 1 is 1.06 bits per heavy atom. The number of carbonyl (C=O) groups is 3. The fourth-order valence-corrected chi connectivity index (χ4v) is 4.30. The maximum absolute atomic E-state index is 12.6. The van der Waals surface area contributed by atoms with E-state index in [0.29, 0.717) is 27.2 Å². The molecule has 2 aromatic carbocycles. The molecule has 0 aliphatic carbocycles. The lowest BCUT2D eigenvalue weighted by molar-refractivity contribution is -0.124. The highest BCUT2D eigenvalue weighted by molar-refractivity contribution is 8.26. The molecule has 0 unspecified atom stereocenters. The first kappa shape index (κ1) is 23.7. The number of nitrogens with zero attached hydrogens (tertiary/aromatic N) is 1. The number of nitrogens with one attached hydrogen (secondary N) is 2. The zero-order chi connectivity index (χ0) is 22.9. The quantitative estimate of drug-likeness (QED) is 0.346. The number of hydrazine groups is 1. The molecule has 1 aliphatic rings. The summed E-state index contributed by atoms with van der Waals surface area (Å²) < 4.78 is 0.460. The van der Waals surface area contributed by atoms with E-state index in [1.807, 2.05) is 42.5 Å². The van der Waals surface area contributed by atoms with E-state index in [2.05, 4.69) is 10.9 Å². The molecular formula is C23H20ClN3O3S2. The molecule has 0 aromatic heterocycles. The zero-order valence-corrected chi connectivity index (χ0v) is 19.3. The van der Waals surface area contributed by atoms with Crippen LogP contribution in [0.5, 0.6) is 0 Å². The Hall–Kier alpha value is -2.94. The first-order valence-electron chi connectivity index (χ1n) is 9.76. The lowest BCUT2D eigenvalue weighted by Crippen LogP contribution is -2.42. The predicted octanol–water partition coefficient (Wildman–Crippen LogP) is 4.34. The van der Waals surface area contributed by atoms with Gasteiger partial charge in [0, 0.05) is 13.0 Å². The van der Waals surface area contributed by atoms with Gasteiger partial charge in [0.2, 0.25) is 5.91 Å². The van der Waals surface area contributed by atoms with Crippen LogP contribution in [-0.2, 0) is 9.59 Å². The second kappa shape index (κ2) is 11.6. The van der Waals surface area contributed by atoms with Gasteiger partial charge in [0.1, 0.15) is 4.32 Å². The van der Waals surface area contributed by atoms with Crippen LogP contribution in [0.1, 0.15) is 28.8 Å². The number of hydrogen-bond acceptors (Lipinski definition) is 5. The summed E-state index contributed by atoms with van der Waals surface area (Å²) in [6, 6.07) is 16.3. The number of thioether (sulfide) groups is 1. The van der Waals surface area contributed by atoms with Crippen molar-refractivity contribution in [1.29, 1.82) is 0 Å². The summed E-state index contributed by atoms with van der Waals surface area (Å²) in [6.45, 7) is 0.316. The van der Waals surface area contributed by atoms with E-state index in [-0.39, 0.29) is 23.8 Å². The van der Waals surface area contributed by atoms with Gasteiger partial charge in [-0.25, -0.2) is 0 Å². The Kier molecular flexibility index (Phi) is 8.61. The summed E-state index contributed by atoms with van der Waals surface area (Å²) in [6.07, 6.45) is 5.98. The maximum atomic E-state index is 12.6. The standard InChI is InChI=1S/C23H20ClN3O3S2/c24-18-12-5-4-11-17(18)21(29)26-25-20(28)14-7-15-27-22(30)19(32-23(27)31)13-6-10-16-8-2-1-3-9-16/h1-6,8-13H,7,14-15H2,(H,25,28)(H,26,29)/b10-6+,19-13-. The second-order valence-electron chi connectivity index (χ2n) is 6.71. The van der Waals surface area contributed by atoms with Gasteiger partial charge in [-0.15, -0.1) is 0 Å². The van der Waals surface area contributed by atoms with Crippen molar-refractivity contribution in [2.75, 3.05) is 6.54 Å². The summed E-state index contributed by atoms with van der Waals surface area (Å²) in [7, 11) is 0. The van der Waals surface area contributed by atoms with Crippen LogP contribution < -0.4 is 10.9 Å². The molecule has 2 N–H and O–H groups in total. The van der Waals surface area contributed by atoms with Gasteiger partial charge in [0.25, 0.3) is 11.8 Å². The molecule has 0 bridgehead atoms. The van der Waals surface area contributed by atoms with E-state index in [1.54, 1.807) is 30.3 Å². The van der Waals surface area contributed by atoms with Crippen molar-refractivity contribution < 1.29 is 14.4 Å². The molecule has 0 saturated carbocycles. The Bertz CT molecular complexity index is 1090. The molecule has 1 aliphatic heterocycles. The van der Waals surface area contributed by atoms with Gasteiger partial charge in [0.05, 0.1) is 15.5 Å². The lowest BCUT2D eigenvalue weighted by Gasteiger charge is -2.14. The third-order valence-corrected chi connectivity index (χ3v) is 6.15. The van der Waals surface area contributed by atoms with Gasteiger partial charge in [-0.1, -0.05) is 90.2 Å². The minimum Gasteiger partial charge on any atom is -0.293 e. The molecule has 0 atom stereocenters. The van der Waals surface area contributed by atoms with Crippen LogP contribution >= 0.6 is 35.6 Å². The SMILES string of the molecule is O=C(CCCN1C(=O)/C(=C/C=C/c2ccccc2)SC1=S)NNC(=O)c1ccccc1Cl. The molecule has 0 radical (unpaired) electrons. The Balaban J connectivity index is 1.43. The molecule has 1 saturated heterocycles. The largest absolute Gasteiger partial charge is 0.293 e. The van der Waals surface area contributed by atoms with Crippen molar-refractivity contribution in [3.05, 3.63) is 87.8 Å². The molecule has 1 heterocycles. The summed E-state index contributed by atoms with van der Waals surface area (Å²) in [4.78, 5) is 38.7. The highest BCUT2D eigenvalue weighted by atomic mass is 35.5. The molecule has 164 valence electrons. The van der Waals surface area contributed by atoms with Crippen molar-refractivity contribution in [2.24, 2.45) is 0 Å². The average molecular weight is 486 g/mol. The average Bonchev–Trinajstić information content (AvgIpc) is 3.06. The van der Waals surface area contributed by atoms with Crippen molar-refractivity contribution in [3.63, 3.8) is 0 Å². The van der Waals surface area contributed by atoms with Gasteiger partial charge in [0.15, 0.2) is 0 Å². The van der Waals surface area contributed by atoms with Crippen LogP contribution in [0, 0.1) is 0 Å². The molecule has 0 spiro atoms. The van der Waals surface area contributed by atoms with E-state index in [0.717, 1.165) is 5.56 Å². The number of benzene rings is 2. The summed E-state index contributed by atoms with van der Waals surface area (Å²) in [5, 5.41) is 0.292. The monoisotopic (exact) mass is 485 g/mol. The molecule has 3 rings (SSSR count). The molecule has 1 fully saturated rings. The fraction of sp³-hybridized carbons (Fsp3) is 0.130. The van der Waals surface area contributed by atoms with Crippen LogP contribution in [0.3, 0.4) is 0 Å². The number of allylic oxidation sites excluding steroid dienone is 2. The number of rotatable bonds is 7. The van der Waals surface area contributed by atoms with Crippen molar-refractivity contribution in [1.82, 2.24) is 15.8 Å². The van der Waals surface area contributed by atoms with Crippen LogP contribution in [0.25, 0.3) is 6.08 Å². The van der Waals surface area contributed by atoms with Crippen LogP contribution in [-0.4, -0.2) is 33.5 Å². The summed E-state index contributed by atoms with van der Waals surface area (Å²) in [5.41, 5.74) is 5.98. The van der Waals surface area contributed by atoms with E-state index in [1.165, 1.54) is 16.7 Å². The lowest BCUT2D eigenvalue weighted by atomic mass is 10.2. The first-order valence-corrected chi connectivity index (χ1v) is 11.4. The normalized spacial score (nSPS) is 14.9. The number of halogens is 1. The Labute approximate surface area is 200 Å². The van der Waals surface area contributed by atoms with Gasteiger partial charge in [-0.2, -0.15) is 0 Å². The fourth-order valence-electron chi connectivity index (χ4n) is 2.82. The van der Waals surface area contributed by atoms with E-state index in [9.17, 15) is 14.4 Å². The van der Waals surface area contributed by atoms with E-state index >= 15 is 0 Å². The number of amides is 3. The van der Waals surface area contributed by atoms with Gasteiger partial charge >= 0.3 is 0 Å². The maximum Gasteiger partial charge on any atom is 0.271 e. The summed E-state index contributed by atoms with van der Waals surface area (Å²) >= 11 is 12.5. The van der Waals surface area contributed by atoms with Crippen LogP contribution in [0.2, 0.25) is 5.02 Å². The molecule has 6 nitrogen and oxygen atoms in total. The molecule has 2 aromatic rings. The van der Waals surface area contributed by atoms with Crippen molar-refractivity contribution >= 4 is 63.7 Å². The minimum absolute atomic E-state index is 0.118. The van der Waals surface area contributed by atoms with Gasteiger partial charge in [-0.05, 0) is 30.2 Å². The van der Waals surface area contributed by atoms with E-state index in [4.69, 9.17) is 23.8 Å². The molecule has 3 amide bonds.